The smallest absolute Gasteiger partial charge is 0.150 e. The van der Waals surface area contributed by atoms with Gasteiger partial charge in [-0.2, -0.15) is 0 Å². The van der Waals surface area contributed by atoms with Crippen molar-refractivity contribution >= 4 is 9.84 Å². The molecule has 102 valence electrons. The van der Waals surface area contributed by atoms with Gasteiger partial charge in [0.1, 0.15) is 9.84 Å². The molecule has 0 amide bonds. The lowest BCUT2D eigenvalue weighted by atomic mass is 9.97. The van der Waals surface area contributed by atoms with E-state index in [0.717, 1.165) is 32.0 Å². The minimum absolute atomic E-state index is 0.237. The zero-order chi connectivity index (χ0) is 12.6. The van der Waals surface area contributed by atoms with Crippen LogP contribution >= 0.6 is 0 Å². The molecule has 0 bridgehead atoms. The minimum Gasteiger partial charge on any atom is -0.381 e. The largest absolute Gasteiger partial charge is 0.381 e. The van der Waals surface area contributed by atoms with Crippen LogP contribution < -0.4 is 5.32 Å². The molecule has 0 aliphatic carbocycles. The predicted molar refractivity (Wildman–Crippen MR) is 70.0 cm³/mol. The Kier molecular flexibility index (Phi) is 7.08. The van der Waals surface area contributed by atoms with Gasteiger partial charge in [0, 0.05) is 19.0 Å². The summed E-state index contributed by atoms with van der Waals surface area (Å²) in [5.74, 6) is 1.23. The van der Waals surface area contributed by atoms with E-state index in [4.69, 9.17) is 4.74 Å². The fraction of sp³-hybridized carbons (Fsp3) is 1.00. The SMILES string of the molecule is CCS(=O)(=O)CCCOCCC1CCCNC1. The van der Waals surface area contributed by atoms with Crippen LogP contribution in [0.2, 0.25) is 0 Å². The van der Waals surface area contributed by atoms with Gasteiger partial charge in [-0.3, -0.25) is 0 Å². The average Bonchev–Trinajstić information content (AvgIpc) is 2.35. The van der Waals surface area contributed by atoms with Gasteiger partial charge in [0.25, 0.3) is 0 Å². The van der Waals surface area contributed by atoms with E-state index in [1.807, 2.05) is 0 Å². The maximum atomic E-state index is 11.2. The molecule has 1 atom stereocenters. The Morgan fingerprint density at radius 2 is 2.18 bits per heavy atom. The summed E-state index contributed by atoms with van der Waals surface area (Å²) in [5, 5.41) is 3.38. The summed E-state index contributed by atoms with van der Waals surface area (Å²) in [6, 6.07) is 0. The lowest BCUT2D eigenvalue weighted by Gasteiger charge is -2.22. The second-order valence-corrected chi connectivity index (χ2v) is 7.18. The number of hydrogen-bond acceptors (Lipinski definition) is 4. The molecule has 1 rings (SSSR count). The van der Waals surface area contributed by atoms with Crippen LogP contribution in [-0.4, -0.2) is 46.2 Å². The highest BCUT2D eigenvalue weighted by atomic mass is 32.2. The van der Waals surface area contributed by atoms with E-state index in [-0.39, 0.29) is 11.5 Å². The first-order chi connectivity index (χ1) is 8.14. The highest BCUT2D eigenvalue weighted by Gasteiger charge is 2.12. The Balaban J connectivity index is 1.94. The number of ether oxygens (including phenoxy) is 1. The van der Waals surface area contributed by atoms with Crippen LogP contribution in [0.3, 0.4) is 0 Å². The molecule has 1 unspecified atom stereocenters. The van der Waals surface area contributed by atoms with E-state index >= 15 is 0 Å². The summed E-state index contributed by atoms with van der Waals surface area (Å²) in [4.78, 5) is 0. The third kappa shape index (κ3) is 7.01. The highest BCUT2D eigenvalue weighted by Crippen LogP contribution is 2.13. The fourth-order valence-electron chi connectivity index (χ4n) is 2.05. The summed E-state index contributed by atoms with van der Waals surface area (Å²) >= 11 is 0. The first-order valence-corrected chi connectivity index (χ1v) is 8.45. The number of piperidine rings is 1. The maximum Gasteiger partial charge on any atom is 0.150 e. The van der Waals surface area contributed by atoms with Gasteiger partial charge in [-0.1, -0.05) is 6.92 Å². The van der Waals surface area contributed by atoms with Gasteiger partial charge >= 0.3 is 0 Å². The Morgan fingerprint density at radius 1 is 1.35 bits per heavy atom. The van der Waals surface area contributed by atoms with Crippen molar-refractivity contribution in [2.75, 3.05) is 37.8 Å². The van der Waals surface area contributed by atoms with Crippen LogP contribution in [0.25, 0.3) is 0 Å². The second-order valence-electron chi connectivity index (χ2n) is 4.70. The maximum absolute atomic E-state index is 11.2. The van der Waals surface area contributed by atoms with Gasteiger partial charge in [-0.25, -0.2) is 8.42 Å². The van der Waals surface area contributed by atoms with Crippen molar-refractivity contribution in [3.05, 3.63) is 0 Å². The molecule has 1 saturated heterocycles. The first-order valence-electron chi connectivity index (χ1n) is 6.63. The van der Waals surface area contributed by atoms with E-state index < -0.39 is 9.84 Å². The van der Waals surface area contributed by atoms with Crippen LogP contribution in [0.1, 0.15) is 32.6 Å². The summed E-state index contributed by atoms with van der Waals surface area (Å²) in [6.45, 7) is 5.27. The molecule has 5 heteroatoms. The number of hydrogen-bond donors (Lipinski definition) is 1. The molecule has 0 radical (unpaired) electrons. The van der Waals surface area contributed by atoms with Crippen LogP contribution in [-0.2, 0) is 14.6 Å². The van der Waals surface area contributed by atoms with Gasteiger partial charge in [-0.15, -0.1) is 0 Å². The number of nitrogens with one attached hydrogen (secondary N) is 1. The lowest BCUT2D eigenvalue weighted by Crippen LogP contribution is -2.30. The molecule has 0 saturated carbocycles. The van der Waals surface area contributed by atoms with Crippen molar-refractivity contribution < 1.29 is 13.2 Å². The van der Waals surface area contributed by atoms with E-state index in [0.29, 0.717) is 13.0 Å². The van der Waals surface area contributed by atoms with Crippen molar-refractivity contribution in [3.8, 4) is 0 Å². The van der Waals surface area contributed by atoms with Crippen molar-refractivity contribution in [2.45, 2.75) is 32.6 Å². The molecule has 4 nitrogen and oxygen atoms in total. The van der Waals surface area contributed by atoms with Gasteiger partial charge in [0.15, 0.2) is 0 Å². The molecule has 1 heterocycles. The van der Waals surface area contributed by atoms with Crippen molar-refractivity contribution in [2.24, 2.45) is 5.92 Å². The Hall–Kier alpha value is -0.130. The van der Waals surface area contributed by atoms with Gasteiger partial charge < -0.3 is 10.1 Å². The number of sulfone groups is 1. The molecule has 1 N–H and O–H groups in total. The molecular formula is C12H25NO3S. The minimum atomic E-state index is -2.82. The molecule has 1 aliphatic heterocycles. The van der Waals surface area contributed by atoms with Crippen LogP contribution in [0.4, 0.5) is 0 Å². The summed E-state index contributed by atoms with van der Waals surface area (Å²) < 4.78 is 27.9. The van der Waals surface area contributed by atoms with Crippen LogP contribution in [0.15, 0.2) is 0 Å². The monoisotopic (exact) mass is 263 g/mol. The normalized spacial score (nSPS) is 21.6. The standard InChI is InChI=1S/C12H25NO3S/c1-2-17(14,15)10-4-8-16-9-6-12-5-3-7-13-11-12/h12-13H,2-11H2,1H3. The van der Waals surface area contributed by atoms with E-state index in [1.165, 1.54) is 12.8 Å². The molecule has 1 fully saturated rings. The third-order valence-corrected chi connectivity index (χ3v) is 5.04. The van der Waals surface area contributed by atoms with Crippen LogP contribution in [0, 0.1) is 5.92 Å². The van der Waals surface area contributed by atoms with Crippen molar-refractivity contribution in [1.29, 1.82) is 0 Å². The zero-order valence-electron chi connectivity index (χ0n) is 10.8. The van der Waals surface area contributed by atoms with E-state index in [1.54, 1.807) is 6.92 Å². The molecule has 0 aromatic carbocycles. The topological polar surface area (TPSA) is 55.4 Å². The van der Waals surface area contributed by atoms with Crippen molar-refractivity contribution in [3.63, 3.8) is 0 Å². The molecule has 1 aliphatic rings. The van der Waals surface area contributed by atoms with Crippen LogP contribution in [0.5, 0.6) is 0 Å². The highest BCUT2D eigenvalue weighted by molar-refractivity contribution is 7.91. The quantitative estimate of drug-likeness (QED) is 0.669. The van der Waals surface area contributed by atoms with E-state index in [9.17, 15) is 8.42 Å². The predicted octanol–water partition coefficient (Wildman–Crippen LogP) is 1.22. The summed E-state index contributed by atoms with van der Waals surface area (Å²) in [5.41, 5.74) is 0. The van der Waals surface area contributed by atoms with Gasteiger partial charge in [-0.05, 0) is 44.7 Å². The third-order valence-electron chi connectivity index (χ3n) is 3.25. The molecule has 0 aromatic heterocycles. The molecular weight excluding hydrogens is 238 g/mol. The summed E-state index contributed by atoms with van der Waals surface area (Å²) in [6.07, 6.45) is 4.27. The molecule has 0 aromatic rings. The first kappa shape index (κ1) is 14.9. The van der Waals surface area contributed by atoms with Crippen molar-refractivity contribution in [1.82, 2.24) is 5.32 Å². The second kappa shape index (κ2) is 8.06. The van der Waals surface area contributed by atoms with Gasteiger partial charge in [0.2, 0.25) is 0 Å². The zero-order valence-corrected chi connectivity index (χ0v) is 11.6. The Morgan fingerprint density at radius 3 is 2.82 bits per heavy atom. The average molecular weight is 263 g/mol. The number of rotatable bonds is 8. The van der Waals surface area contributed by atoms with Gasteiger partial charge in [0.05, 0.1) is 5.75 Å². The molecule has 0 spiro atoms. The Labute approximate surface area is 105 Å². The lowest BCUT2D eigenvalue weighted by molar-refractivity contribution is 0.116. The van der Waals surface area contributed by atoms with E-state index in [2.05, 4.69) is 5.32 Å². The Bertz CT molecular complexity index is 284. The fourth-order valence-corrected chi connectivity index (χ4v) is 2.89. The summed E-state index contributed by atoms with van der Waals surface area (Å²) in [7, 11) is -2.82. The molecule has 17 heavy (non-hydrogen) atoms.